The number of thiophene rings is 1. The molecule has 0 saturated heterocycles. The van der Waals surface area contributed by atoms with Gasteiger partial charge in [0.05, 0.1) is 33.7 Å². The Morgan fingerprint density at radius 3 is 2.68 bits per heavy atom. The molecule has 0 atom stereocenters. The summed E-state index contributed by atoms with van der Waals surface area (Å²) in [5, 5.41) is 13.5. The third kappa shape index (κ3) is 4.58. The molecule has 1 N–H and O–H groups in total. The zero-order valence-corrected chi connectivity index (χ0v) is 15.5. The zero-order valence-electron chi connectivity index (χ0n) is 13.2. The summed E-state index contributed by atoms with van der Waals surface area (Å²) in [6, 6.07) is 8.87. The van der Waals surface area contributed by atoms with Crippen molar-refractivity contribution in [2.45, 2.75) is 6.54 Å². The van der Waals surface area contributed by atoms with Crippen LogP contribution in [-0.4, -0.2) is 34.6 Å². The predicted octanol–water partition coefficient (Wildman–Crippen LogP) is 4.18. The van der Waals surface area contributed by atoms with Gasteiger partial charge in [0.2, 0.25) is 11.8 Å². The van der Waals surface area contributed by atoms with Crippen LogP contribution in [0.25, 0.3) is 10.8 Å². The summed E-state index contributed by atoms with van der Waals surface area (Å²) >= 11 is 13.6. The number of hydrogen-bond donors (Lipinski definition) is 1. The van der Waals surface area contributed by atoms with E-state index in [0.29, 0.717) is 34.1 Å². The van der Waals surface area contributed by atoms with Gasteiger partial charge in [0.1, 0.15) is 0 Å². The highest BCUT2D eigenvalue weighted by Gasteiger charge is 2.15. The topological polar surface area (TPSA) is 71.3 Å². The van der Waals surface area contributed by atoms with Crippen LogP contribution in [0.1, 0.15) is 5.89 Å². The normalized spacial score (nSPS) is 11.0. The number of anilines is 1. The summed E-state index contributed by atoms with van der Waals surface area (Å²) in [4.78, 5) is 14.8. The third-order valence-corrected chi connectivity index (χ3v) is 4.73. The molecule has 2 heterocycles. The van der Waals surface area contributed by atoms with E-state index in [1.54, 1.807) is 30.1 Å². The van der Waals surface area contributed by atoms with E-state index in [9.17, 15) is 4.79 Å². The summed E-state index contributed by atoms with van der Waals surface area (Å²) in [6.45, 7) is 0.473. The fraction of sp³-hybridized carbons (Fsp3) is 0.188. The Balaban J connectivity index is 1.57. The van der Waals surface area contributed by atoms with Gasteiger partial charge in [-0.2, -0.15) is 0 Å². The molecule has 130 valence electrons. The Bertz CT molecular complexity index is 847. The number of aromatic nitrogens is 2. The van der Waals surface area contributed by atoms with Crippen molar-refractivity contribution in [2.75, 3.05) is 18.9 Å². The molecule has 0 radical (unpaired) electrons. The number of halogens is 2. The minimum absolute atomic E-state index is 0.123. The molecular formula is C16H14Cl2N4O2S. The summed E-state index contributed by atoms with van der Waals surface area (Å²) in [5.74, 6) is 0.677. The van der Waals surface area contributed by atoms with E-state index >= 15 is 0 Å². The Hall–Kier alpha value is -1.93. The van der Waals surface area contributed by atoms with Crippen LogP contribution in [0.2, 0.25) is 10.0 Å². The van der Waals surface area contributed by atoms with Gasteiger partial charge in [-0.05, 0) is 30.6 Å². The first kappa shape index (κ1) is 17.9. The number of carbonyl (C=O) groups is 1. The van der Waals surface area contributed by atoms with Crippen molar-refractivity contribution in [3.63, 3.8) is 0 Å². The summed E-state index contributed by atoms with van der Waals surface area (Å²) in [5.41, 5.74) is 0.405. The molecule has 0 aliphatic rings. The Kier molecular flexibility index (Phi) is 5.70. The first-order valence-electron chi connectivity index (χ1n) is 7.31. The maximum Gasteiger partial charge on any atom is 0.257 e. The Morgan fingerprint density at radius 2 is 2.00 bits per heavy atom. The number of likely N-dealkylation sites (N-methyl/N-ethyl adjacent to an activating group) is 1. The summed E-state index contributed by atoms with van der Waals surface area (Å²) < 4.78 is 5.61. The molecular weight excluding hydrogens is 383 g/mol. The summed E-state index contributed by atoms with van der Waals surface area (Å²) in [7, 11) is 1.78. The van der Waals surface area contributed by atoms with Gasteiger partial charge in [-0.1, -0.05) is 35.3 Å². The van der Waals surface area contributed by atoms with E-state index in [1.165, 1.54) is 11.3 Å². The molecule has 0 saturated carbocycles. The van der Waals surface area contributed by atoms with Gasteiger partial charge in [0.25, 0.3) is 5.89 Å². The SMILES string of the molecule is CN(CC(=O)Nc1c(Cl)cccc1Cl)Cc1nnc(-c2cccs2)o1. The van der Waals surface area contributed by atoms with E-state index in [2.05, 4.69) is 15.5 Å². The average Bonchev–Trinajstić information content (AvgIpc) is 3.22. The molecule has 0 aliphatic carbocycles. The van der Waals surface area contributed by atoms with E-state index in [0.717, 1.165) is 4.88 Å². The van der Waals surface area contributed by atoms with E-state index in [-0.39, 0.29) is 12.5 Å². The minimum Gasteiger partial charge on any atom is -0.419 e. The minimum atomic E-state index is -0.240. The maximum atomic E-state index is 12.2. The van der Waals surface area contributed by atoms with E-state index in [1.807, 2.05) is 17.5 Å². The van der Waals surface area contributed by atoms with Crippen LogP contribution in [-0.2, 0) is 11.3 Å². The average molecular weight is 397 g/mol. The fourth-order valence-corrected chi connectivity index (χ4v) is 3.28. The van der Waals surface area contributed by atoms with Gasteiger partial charge in [-0.3, -0.25) is 9.69 Å². The first-order chi connectivity index (χ1) is 12.0. The van der Waals surface area contributed by atoms with Gasteiger partial charge >= 0.3 is 0 Å². The second-order valence-corrected chi connectivity index (χ2v) is 7.06. The summed E-state index contributed by atoms with van der Waals surface area (Å²) in [6.07, 6.45) is 0. The van der Waals surface area contributed by atoms with Crippen LogP contribution < -0.4 is 5.32 Å². The molecule has 9 heteroatoms. The van der Waals surface area contributed by atoms with Crippen LogP contribution in [0.5, 0.6) is 0 Å². The van der Waals surface area contributed by atoms with Gasteiger partial charge in [0.15, 0.2) is 0 Å². The van der Waals surface area contributed by atoms with Crippen LogP contribution in [0.4, 0.5) is 5.69 Å². The number of amides is 1. The van der Waals surface area contributed by atoms with Crippen molar-refractivity contribution < 1.29 is 9.21 Å². The molecule has 3 aromatic rings. The number of benzene rings is 1. The fourth-order valence-electron chi connectivity index (χ4n) is 2.15. The lowest BCUT2D eigenvalue weighted by atomic mass is 10.3. The van der Waals surface area contributed by atoms with E-state index < -0.39 is 0 Å². The molecule has 0 aliphatic heterocycles. The molecule has 25 heavy (non-hydrogen) atoms. The molecule has 0 bridgehead atoms. The van der Waals surface area contributed by atoms with Crippen molar-refractivity contribution in [1.29, 1.82) is 0 Å². The number of carbonyl (C=O) groups excluding carboxylic acids is 1. The highest BCUT2D eigenvalue weighted by Crippen LogP contribution is 2.29. The third-order valence-electron chi connectivity index (χ3n) is 3.24. The quantitative estimate of drug-likeness (QED) is 0.676. The highest BCUT2D eigenvalue weighted by atomic mass is 35.5. The zero-order chi connectivity index (χ0) is 17.8. The lowest BCUT2D eigenvalue weighted by Gasteiger charge is -2.15. The van der Waals surface area contributed by atoms with Crippen LogP contribution in [0.15, 0.2) is 40.1 Å². The number of para-hydroxylation sites is 1. The highest BCUT2D eigenvalue weighted by molar-refractivity contribution is 7.13. The predicted molar refractivity (Wildman–Crippen MR) is 99.0 cm³/mol. The molecule has 2 aromatic heterocycles. The largest absolute Gasteiger partial charge is 0.419 e. The number of nitrogens with zero attached hydrogens (tertiary/aromatic N) is 3. The number of hydrogen-bond acceptors (Lipinski definition) is 6. The smallest absolute Gasteiger partial charge is 0.257 e. The molecule has 3 rings (SSSR count). The van der Waals surface area contributed by atoms with Crippen molar-refractivity contribution in [3.8, 4) is 10.8 Å². The molecule has 1 amide bonds. The van der Waals surface area contributed by atoms with Gasteiger partial charge in [-0.15, -0.1) is 21.5 Å². The van der Waals surface area contributed by atoms with Crippen molar-refractivity contribution in [3.05, 3.63) is 51.6 Å². The van der Waals surface area contributed by atoms with E-state index in [4.69, 9.17) is 27.6 Å². The van der Waals surface area contributed by atoms with Crippen molar-refractivity contribution >= 4 is 46.1 Å². The second-order valence-electron chi connectivity index (χ2n) is 5.30. The van der Waals surface area contributed by atoms with Crippen LogP contribution >= 0.6 is 34.5 Å². The van der Waals surface area contributed by atoms with Crippen LogP contribution in [0, 0.1) is 0 Å². The molecule has 1 aromatic carbocycles. The van der Waals surface area contributed by atoms with Crippen molar-refractivity contribution in [1.82, 2.24) is 15.1 Å². The second kappa shape index (κ2) is 7.97. The number of rotatable bonds is 6. The van der Waals surface area contributed by atoms with Crippen molar-refractivity contribution in [2.24, 2.45) is 0 Å². The first-order valence-corrected chi connectivity index (χ1v) is 8.95. The maximum absolute atomic E-state index is 12.2. The molecule has 0 fully saturated rings. The molecule has 6 nitrogen and oxygen atoms in total. The monoisotopic (exact) mass is 396 g/mol. The van der Waals surface area contributed by atoms with Gasteiger partial charge in [0, 0.05) is 0 Å². The molecule has 0 unspecified atom stereocenters. The van der Waals surface area contributed by atoms with Crippen LogP contribution in [0.3, 0.4) is 0 Å². The Labute approximate surface area is 158 Å². The Morgan fingerprint density at radius 1 is 1.24 bits per heavy atom. The van der Waals surface area contributed by atoms with Gasteiger partial charge in [-0.25, -0.2) is 0 Å². The number of nitrogens with one attached hydrogen (secondary N) is 1. The molecule has 0 spiro atoms. The van der Waals surface area contributed by atoms with Gasteiger partial charge < -0.3 is 9.73 Å². The lowest BCUT2D eigenvalue weighted by molar-refractivity contribution is -0.117. The standard InChI is InChI=1S/C16H14Cl2N4O2S/c1-22(8-13(23)19-15-10(17)4-2-5-11(15)18)9-14-20-21-16(24-14)12-6-3-7-25-12/h2-7H,8-9H2,1H3,(H,19,23). The lowest BCUT2D eigenvalue weighted by Crippen LogP contribution is -2.30.